The number of thiazole rings is 1. The number of carbonyl (C=O) groups is 1. The molecule has 0 saturated heterocycles. The Morgan fingerprint density at radius 1 is 1.18 bits per heavy atom. The molecule has 1 amide bonds. The molecule has 0 radical (unpaired) electrons. The summed E-state index contributed by atoms with van der Waals surface area (Å²) in [7, 11) is 0. The molecule has 1 fully saturated rings. The number of hydrogen-bond donors (Lipinski definition) is 3. The smallest absolute Gasteiger partial charge is 0.259 e. The second kappa shape index (κ2) is 8.65. The van der Waals surface area contributed by atoms with Crippen molar-refractivity contribution in [2.24, 2.45) is 0 Å². The van der Waals surface area contributed by atoms with Crippen LogP contribution < -0.4 is 11.1 Å². The predicted molar refractivity (Wildman–Crippen MR) is 128 cm³/mol. The van der Waals surface area contributed by atoms with Crippen LogP contribution >= 0.6 is 11.3 Å². The molecule has 33 heavy (non-hydrogen) atoms. The maximum absolute atomic E-state index is 13.0. The van der Waals surface area contributed by atoms with Gasteiger partial charge in [-0.25, -0.2) is 9.97 Å². The highest BCUT2D eigenvalue weighted by molar-refractivity contribution is 7.13. The average Bonchev–Trinajstić information content (AvgIpc) is 3.46. The van der Waals surface area contributed by atoms with Gasteiger partial charge in [-0.3, -0.25) is 10.1 Å². The Bertz CT molecular complexity index is 1380. The average molecular weight is 459 g/mol. The van der Waals surface area contributed by atoms with Crippen LogP contribution in [0.2, 0.25) is 0 Å². The van der Waals surface area contributed by atoms with E-state index >= 15 is 0 Å². The highest BCUT2D eigenvalue weighted by atomic mass is 32.1. The van der Waals surface area contributed by atoms with Gasteiger partial charge in [0.25, 0.3) is 5.91 Å². The highest BCUT2D eigenvalue weighted by Crippen LogP contribution is 2.29. The van der Waals surface area contributed by atoms with Crippen molar-refractivity contribution in [3.05, 3.63) is 59.4 Å². The maximum atomic E-state index is 13.0. The van der Waals surface area contributed by atoms with Crippen molar-refractivity contribution in [2.45, 2.75) is 37.7 Å². The van der Waals surface area contributed by atoms with Crippen molar-refractivity contribution in [2.75, 3.05) is 11.1 Å². The summed E-state index contributed by atoms with van der Waals surface area (Å²) in [4.78, 5) is 25.4. The van der Waals surface area contributed by atoms with Gasteiger partial charge in [-0.2, -0.15) is 4.98 Å². The lowest BCUT2D eigenvalue weighted by molar-refractivity contribution is 0.0610. The summed E-state index contributed by atoms with van der Waals surface area (Å²) >= 11 is 1.35. The zero-order valence-electron chi connectivity index (χ0n) is 17.8. The molecule has 0 bridgehead atoms. The van der Waals surface area contributed by atoms with E-state index < -0.39 is 5.60 Å². The number of nitrogens with two attached hydrogens (primary N) is 1. The van der Waals surface area contributed by atoms with Gasteiger partial charge in [0.05, 0.1) is 11.1 Å². The third-order valence-electron chi connectivity index (χ3n) is 5.73. The van der Waals surface area contributed by atoms with Gasteiger partial charge >= 0.3 is 0 Å². The van der Waals surface area contributed by atoms with E-state index in [1.54, 1.807) is 34.6 Å². The van der Waals surface area contributed by atoms with Crippen LogP contribution in [0.3, 0.4) is 0 Å². The number of anilines is 2. The molecule has 0 aliphatic heterocycles. The van der Waals surface area contributed by atoms with E-state index in [0.29, 0.717) is 29.4 Å². The minimum Gasteiger partial charge on any atom is -0.378 e. The first kappa shape index (κ1) is 21.1. The summed E-state index contributed by atoms with van der Waals surface area (Å²) in [6, 6.07) is 7.34. The summed E-state index contributed by atoms with van der Waals surface area (Å²) in [6.07, 6.45) is 9.43. The van der Waals surface area contributed by atoms with Gasteiger partial charge in [-0.05, 0) is 43.9 Å². The van der Waals surface area contributed by atoms with E-state index in [9.17, 15) is 9.90 Å². The van der Waals surface area contributed by atoms with Gasteiger partial charge in [0.1, 0.15) is 11.4 Å². The number of benzene rings is 1. The predicted octanol–water partition coefficient (Wildman–Crippen LogP) is 3.76. The Hall–Kier alpha value is -3.74. The van der Waals surface area contributed by atoms with E-state index in [4.69, 9.17) is 5.73 Å². The number of nitrogens with zero attached hydrogens (tertiary/aromatic N) is 4. The molecule has 1 saturated carbocycles. The van der Waals surface area contributed by atoms with Crippen molar-refractivity contribution in [3.63, 3.8) is 0 Å². The molecule has 3 aromatic heterocycles. The van der Waals surface area contributed by atoms with Crippen molar-refractivity contribution >= 4 is 39.2 Å². The summed E-state index contributed by atoms with van der Waals surface area (Å²) in [5, 5.41) is 16.6. The Morgan fingerprint density at radius 3 is 2.79 bits per heavy atom. The zero-order chi connectivity index (χ0) is 22.8. The maximum Gasteiger partial charge on any atom is 0.259 e. The van der Waals surface area contributed by atoms with Crippen molar-refractivity contribution < 1.29 is 9.90 Å². The molecule has 9 heteroatoms. The van der Waals surface area contributed by atoms with Gasteiger partial charge in [0.2, 0.25) is 5.95 Å². The third-order valence-corrected chi connectivity index (χ3v) is 6.42. The monoisotopic (exact) mass is 458 g/mol. The molecule has 0 atom stereocenters. The van der Waals surface area contributed by atoms with Crippen molar-refractivity contribution in [1.82, 2.24) is 19.5 Å². The van der Waals surface area contributed by atoms with Crippen LogP contribution in [0.4, 0.5) is 11.1 Å². The number of hydrogen-bond acceptors (Lipinski definition) is 7. The molecular weight excluding hydrogens is 436 g/mol. The number of carbonyl (C=O) groups excluding carboxylic acids is 1. The largest absolute Gasteiger partial charge is 0.378 e. The fourth-order valence-corrected chi connectivity index (χ4v) is 4.60. The Kier molecular flexibility index (Phi) is 5.54. The molecule has 5 rings (SSSR count). The summed E-state index contributed by atoms with van der Waals surface area (Å²) in [5.41, 5.74) is 6.83. The van der Waals surface area contributed by atoms with E-state index in [2.05, 4.69) is 32.1 Å². The second-order valence-corrected chi connectivity index (χ2v) is 8.95. The number of nitrogens with one attached hydrogen (secondary N) is 1. The van der Waals surface area contributed by atoms with Crippen molar-refractivity contribution in [1.29, 1.82) is 0 Å². The van der Waals surface area contributed by atoms with Crippen molar-refractivity contribution in [3.8, 4) is 17.7 Å². The molecule has 1 aliphatic carbocycles. The Balaban J connectivity index is 1.59. The van der Waals surface area contributed by atoms with E-state index in [1.165, 1.54) is 11.3 Å². The topological polar surface area (TPSA) is 119 Å². The number of nitrogen functional groups attached to an aromatic ring is 1. The fourth-order valence-electron chi connectivity index (χ4n) is 4.07. The molecule has 4 N–H and O–H groups in total. The number of amides is 1. The molecule has 1 aromatic carbocycles. The molecule has 166 valence electrons. The molecule has 0 unspecified atom stereocenters. The second-order valence-electron chi connectivity index (χ2n) is 8.05. The summed E-state index contributed by atoms with van der Waals surface area (Å²) in [5.74, 6) is 6.61. The molecule has 3 heterocycles. The minimum atomic E-state index is -0.935. The highest BCUT2D eigenvalue weighted by Gasteiger charge is 2.26. The first-order valence-corrected chi connectivity index (χ1v) is 11.6. The lowest BCUT2D eigenvalue weighted by Crippen LogP contribution is -2.29. The van der Waals surface area contributed by atoms with E-state index in [0.717, 1.165) is 35.7 Å². The lowest BCUT2D eigenvalue weighted by Gasteiger charge is -2.26. The lowest BCUT2D eigenvalue weighted by atomic mass is 9.85. The third kappa shape index (κ3) is 4.44. The van der Waals surface area contributed by atoms with Crippen LogP contribution in [0.5, 0.6) is 0 Å². The van der Waals surface area contributed by atoms with Crippen LogP contribution in [0.15, 0.2) is 48.2 Å². The minimum absolute atomic E-state index is 0.138. The SMILES string of the molecule is Nc1nccc(-n2cc(C(=O)Nc3nccs3)c3ccc(C#CC4(O)CCCCC4)cc32)n1. The Morgan fingerprint density at radius 2 is 2.03 bits per heavy atom. The van der Waals surface area contributed by atoms with E-state index in [-0.39, 0.29) is 11.9 Å². The first-order chi connectivity index (χ1) is 16.0. The van der Waals surface area contributed by atoms with Crippen LogP contribution in [0.25, 0.3) is 16.7 Å². The number of rotatable bonds is 3. The number of aromatic nitrogens is 4. The van der Waals surface area contributed by atoms with Crippen LogP contribution in [-0.4, -0.2) is 36.1 Å². The molecule has 1 aliphatic rings. The number of fused-ring (bicyclic) bond motifs is 1. The quantitative estimate of drug-likeness (QED) is 0.402. The fraction of sp³-hybridized carbons (Fsp3) is 0.250. The van der Waals surface area contributed by atoms with Gasteiger partial charge in [0.15, 0.2) is 5.13 Å². The van der Waals surface area contributed by atoms with Gasteiger partial charge in [-0.15, -0.1) is 11.3 Å². The number of aliphatic hydroxyl groups is 1. The summed E-state index contributed by atoms with van der Waals surface area (Å²) < 4.78 is 1.80. The van der Waals surface area contributed by atoms with Gasteiger partial charge in [-0.1, -0.05) is 24.3 Å². The van der Waals surface area contributed by atoms with Crippen LogP contribution in [-0.2, 0) is 0 Å². The normalized spacial score (nSPS) is 15.1. The van der Waals surface area contributed by atoms with Gasteiger partial charge < -0.3 is 15.4 Å². The van der Waals surface area contributed by atoms with E-state index in [1.807, 2.05) is 18.2 Å². The molecule has 4 aromatic rings. The summed E-state index contributed by atoms with van der Waals surface area (Å²) in [6.45, 7) is 0. The van der Waals surface area contributed by atoms with Crippen LogP contribution in [0.1, 0.15) is 48.0 Å². The standard InChI is InChI=1S/C24H22N6O2S/c25-22-26-11-7-20(28-22)30-15-18(21(31)29-23-27-12-13-33-23)17-5-4-16(14-19(17)30)6-10-24(32)8-2-1-3-9-24/h4-5,7,11-15,32H,1-3,8-9H2,(H2,25,26,28)(H,27,29,31). The Labute approximate surface area is 194 Å². The molecule has 8 nitrogen and oxygen atoms in total. The molecular formula is C24H22N6O2S. The van der Waals surface area contributed by atoms with Crippen LogP contribution in [0, 0.1) is 11.8 Å². The zero-order valence-corrected chi connectivity index (χ0v) is 18.6. The first-order valence-electron chi connectivity index (χ1n) is 10.7. The van der Waals surface area contributed by atoms with Gasteiger partial charge in [0, 0.05) is 34.9 Å². The molecule has 0 spiro atoms.